The fourth-order valence-electron chi connectivity index (χ4n) is 2.20. The molecule has 0 aromatic heterocycles. The second kappa shape index (κ2) is 6.75. The van der Waals surface area contributed by atoms with Gasteiger partial charge in [0, 0.05) is 12.0 Å². The van der Waals surface area contributed by atoms with Crippen molar-refractivity contribution in [2.45, 2.75) is 19.4 Å². The standard InChI is InChI=1S/C14H15NO5S/c1-10-2-4-11(5-3-10)14(20-21(18)19)12-6-8-13(9-7-12)15(16)17/h2-6,8-9,12,14H,7H2,1H3,(H,18,19)/p-1. The van der Waals surface area contributed by atoms with Crippen molar-refractivity contribution in [3.8, 4) is 0 Å². The number of benzene rings is 1. The van der Waals surface area contributed by atoms with Crippen LogP contribution in [0.25, 0.3) is 0 Å². The number of hydrogen-bond acceptors (Lipinski definition) is 5. The van der Waals surface area contributed by atoms with Gasteiger partial charge in [-0.15, -0.1) is 0 Å². The predicted octanol–water partition coefficient (Wildman–Crippen LogP) is 2.58. The van der Waals surface area contributed by atoms with Gasteiger partial charge in [-0.2, -0.15) is 0 Å². The maximum Gasteiger partial charge on any atom is 0.265 e. The van der Waals surface area contributed by atoms with Gasteiger partial charge in [-0.1, -0.05) is 35.9 Å². The summed E-state index contributed by atoms with van der Waals surface area (Å²) >= 11 is -2.66. The Morgan fingerprint density at radius 2 is 2.05 bits per heavy atom. The van der Waals surface area contributed by atoms with Gasteiger partial charge in [-0.25, -0.2) is 4.21 Å². The molecule has 1 aliphatic carbocycles. The van der Waals surface area contributed by atoms with E-state index in [1.54, 1.807) is 18.2 Å². The molecular formula is C14H14NO5S-. The third-order valence-corrected chi connectivity index (χ3v) is 3.67. The summed E-state index contributed by atoms with van der Waals surface area (Å²) in [7, 11) is 0. The first-order valence-corrected chi connectivity index (χ1v) is 7.33. The van der Waals surface area contributed by atoms with Crippen LogP contribution < -0.4 is 0 Å². The molecular weight excluding hydrogens is 294 g/mol. The molecule has 21 heavy (non-hydrogen) atoms. The summed E-state index contributed by atoms with van der Waals surface area (Å²) in [5.41, 5.74) is 1.78. The Hall–Kier alpha value is -1.83. The molecule has 0 saturated heterocycles. The monoisotopic (exact) mass is 308 g/mol. The highest BCUT2D eigenvalue weighted by Gasteiger charge is 2.26. The first kappa shape index (κ1) is 15.6. The highest BCUT2D eigenvalue weighted by atomic mass is 32.2. The minimum absolute atomic E-state index is 0.0113. The molecule has 1 aromatic carbocycles. The van der Waals surface area contributed by atoms with Gasteiger partial charge < -0.3 is 4.55 Å². The summed E-state index contributed by atoms with van der Waals surface area (Å²) < 4.78 is 26.8. The molecule has 0 amide bonds. The van der Waals surface area contributed by atoms with Crippen LogP contribution in [0.5, 0.6) is 0 Å². The van der Waals surface area contributed by atoms with Gasteiger partial charge >= 0.3 is 0 Å². The van der Waals surface area contributed by atoms with E-state index in [9.17, 15) is 18.9 Å². The predicted molar refractivity (Wildman–Crippen MR) is 76.2 cm³/mol. The minimum atomic E-state index is -2.66. The lowest BCUT2D eigenvalue weighted by atomic mass is 9.89. The zero-order chi connectivity index (χ0) is 15.4. The van der Waals surface area contributed by atoms with E-state index in [-0.39, 0.29) is 11.6 Å². The molecule has 0 heterocycles. The third kappa shape index (κ3) is 4.07. The summed E-state index contributed by atoms with van der Waals surface area (Å²) in [5, 5.41) is 10.7. The topological polar surface area (TPSA) is 92.5 Å². The molecule has 1 aromatic rings. The maximum absolute atomic E-state index is 10.9. The van der Waals surface area contributed by atoms with Gasteiger partial charge in [0.15, 0.2) is 0 Å². The van der Waals surface area contributed by atoms with Gasteiger partial charge in [0.1, 0.15) is 6.10 Å². The van der Waals surface area contributed by atoms with Crippen molar-refractivity contribution in [2.75, 3.05) is 0 Å². The lowest BCUT2D eigenvalue weighted by molar-refractivity contribution is -0.419. The van der Waals surface area contributed by atoms with Crippen LogP contribution in [0, 0.1) is 23.0 Å². The average molecular weight is 308 g/mol. The highest BCUT2D eigenvalue weighted by Crippen LogP contribution is 2.33. The summed E-state index contributed by atoms with van der Waals surface area (Å²) in [6, 6.07) is 7.33. The molecule has 0 spiro atoms. The Labute approximate surface area is 124 Å². The Morgan fingerprint density at radius 3 is 2.52 bits per heavy atom. The molecule has 0 bridgehead atoms. The van der Waals surface area contributed by atoms with E-state index in [1.807, 2.05) is 19.1 Å². The van der Waals surface area contributed by atoms with Crippen molar-refractivity contribution in [3.63, 3.8) is 0 Å². The summed E-state index contributed by atoms with van der Waals surface area (Å²) in [6.07, 6.45) is 4.14. The number of nitro groups is 1. The van der Waals surface area contributed by atoms with E-state index in [2.05, 4.69) is 0 Å². The van der Waals surface area contributed by atoms with Crippen molar-refractivity contribution in [1.82, 2.24) is 0 Å². The molecule has 0 saturated carbocycles. The van der Waals surface area contributed by atoms with E-state index in [4.69, 9.17) is 4.18 Å². The second-order valence-corrected chi connectivity index (χ2v) is 5.38. The number of rotatable bonds is 5. The van der Waals surface area contributed by atoms with Crippen LogP contribution in [0.4, 0.5) is 0 Å². The van der Waals surface area contributed by atoms with Crippen LogP contribution >= 0.6 is 0 Å². The summed E-state index contributed by atoms with van der Waals surface area (Å²) in [5.74, 6) is -0.269. The van der Waals surface area contributed by atoms with Crippen LogP contribution in [0.3, 0.4) is 0 Å². The van der Waals surface area contributed by atoms with E-state index in [0.717, 1.165) is 11.1 Å². The molecule has 0 N–H and O–H groups in total. The lowest BCUT2D eigenvalue weighted by Gasteiger charge is -2.26. The quantitative estimate of drug-likeness (QED) is 0.473. The van der Waals surface area contributed by atoms with E-state index in [0.29, 0.717) is 6.42 Å². The van der Waals surface area contributed by atoms with Crippen molar-refractivity contribution >= 4 is 11.4 Å². The van der Waals surface area contributed by atoms with Gasteiger partial charge in [-0.3, -0.25) is 14.3 Å². The van der Waals surface area contributed by atoms with Crippen LogP contribution in [-0.2, 0) is 15.5 Å². The normalized spacial score (nSPS) is 20.7. The summed E-state index contributed by atoms with van der Waals surface area (Å²) in [6.45, 7) is 1.93. The molecule has 1 aliphatic rings. The first-order chi connectivity index (χ1) is 9.97. The number of aryl methyl sites for hydroxylation is 1. The molecule has 0 radical (unpaired) electrons. The average Bonchev–Trinajstić information content (AvgIpc) is 2.46. The van der Waals surface area contributed by atoms with Crippen molar-refractivity contribution in [2.24, 2.45) is 5.92 Å². The van der Waals surface area contributed by atoms with Gasteiger partial charge in [0.05, 0.1) is 16.3 Å². The second-order valence-electron chi connectivity index (χ2n) is 4.78. The molecule has 3 atom stereocenters. The number of nitrogens with zero attached hydrogens (tertiary/aromatic N) is 1. The fraction of sp³-hybridized carbons (Fsp3) is 0.286. The highest BCUT2D eigenvalue weighted by molar-refractivity contribution is 7.74. The smallest absolute Gasteiger partial charge is 0.265 e. The molecule has 0 fully saturated rings. The van der Waals surface area contributed by atoms with Crippen molar-refractivity contribution < 1.29 is 17.9 Å². The van der Waals surface area contributed by atoms with E-state index < -0.39 is 22.4 Å². The Morgan fingerprint density at radius 1 is 1.38 bits per heavy atom. The van der Waals surface area contributed by atoms with Crippen LogP contribution in [0.15, 0.2) is 48.2 Å². The fourth-order valence-corrected chi connectivity index (χ4v) is 2.62. The lowest BCUT2D eigenvalue weighted by Crippen LogP contribution is -2.18. The van der Waals surface area contributed by atoms with Crippen LogP contribution in [-0.4, -0.2) is 13.7 Å². The van der Waals surface area contributed by atoms with Crippen LogP contribution in [0.1, 0.15) is 23.7 Å². The SMILES string of the molecule is Cc1ccc(C(OS(=O)[O-])C2C=CC([N+](=O)[O-])=CC2)cc1. The number of allylic oxidation sites excluding steroid dienone is 2. The zero-order valence-corrected chi connectivity index (χ0v) is 12.1. The van der Waals surface area contributed by atoms with Gasteiger partial charge in [0.2, 0.25) is 0 Å². The first-order valence-electron chi connectivity index (χ1n) is 6.33. The molecule has 6 nitrogen and oxygen atoms in total. The molecule has 0 aliphatic heterocycles. The van der Waals surface area contributed by atoms with E-state index >= 15 is 0 Å². The maximum atomic E-state index is 10.9. The van der Waals surface area contributed by atoms with Crippen molar-refractivity contribution in [3.05, 3.63) is 69.4 Å². The Bertz CT molecular complexity index is 608. The van der Waals surface area contributed by atoms with Gasteiger partial charge in [-0.05, 0) is 25.0 Å². The molecule has 7 heteroatoms. The molecule has 2 rings (SSSR count). The Kier molecular flexibility index (Phi) is 5.00. The third-order valence-electron chi connectivity index (χ3n) is 3.30. The van der Waals surface area contributed by atoms with E-state index in [1.165, 1.54) is 12.2 Å². The number of hydrogen-bond donors (Lipinski definition) is 0. The Balaban J connectivity index is 2.22. The molecule has 112 valence electrons. The summed E-state index contributed by atoms with van der Waals surface area (Å²) in [4.78, 5) is 10.2. The largest absolute Gasteiger partial charge is 0.750 e. The van der Waals surface area contributed by atoms with Crippen molar-refractivity contribution in [1.29, 1.82) is 0 Å². The molecule has 3 unspecified atom stereocenters. The van der Waals surface area contributed by atoms with Gasteiger partial charge in [0.25, 0.3) is 5.70 Å². The zero-order valence-electron chi connectivity index (χ0n) is 11.3. The van der Waals surface area contributed by atoms with Crippen LogP contribution in [0.2, 0.25) is 0 Å². The minimum Gasteiger partial charge on any atom is -0.750 e.